The highest BCUT2D eigenvalue weighted by atomic mass is 19.2. The number of nitrogens with zero attached hydrogens (tertiary/aromatic N) is 4. The van der Waals surface area contributed by atoms with Crippen LogP contribution in [-0.2, 0) is 4.84 Å². The zero-order chi connectivity index (χ0) is 24.5. The number of hydrogen-bond acceptors (Lipinski definition) is 5. The highest BCUT2D eigenvalue weighted by molar-refractivity contribution is 6.02. The number of amidine groups is 1. The Balaban J connectivity index is 0.00000304. The first kappa shape index (κ1) is 25.3. The number of aryl methyl sites for hydroxylation is 1. The van der Waals surface area contributed by atoms with E-state index < -0.39 is 17.5 Å². The van der Waals surface area contributed by atoms with Gasteiger partial charge in [-0.1, -0.05) is 18.6 Å². The summed E-state index contributed by atoms with van der Waals surface area (Å²) in [5.41, 5.74) is 4.00. The van der Waals surface area contributed by atoms with Crippen LogP contribution in [0.5, 0.6) is 5.75 Å². The third kappa shape index (κ3) is 4.82. The molecule has 0 aliphatic carbocycles. The van der Waals surface area contributed by atoms with E-state index in [4.69, 9.17) is 9.57 Å². The maximum Gasteiger partial charge on any atom is 0.194 e. The normalized spacial score (nSPS) is 18.6. The second-order valence-electron chi connectivity index (χ2n) is 8.67. The first-order valence-corrected chi connectivity index (χ1v) is 11.5. The average molecular weight is 499 g/mol. The first-order valence-electron chi connectivity index (χ1n) is 11.5. The number of benzene rings is 2. The number of oxime groups is 1. The number of aromatic nitrogens is 2. The highest BCUT2D eigenvalue weighted by Crippen LogP contribution is 2.35. The number of hydrogen-bond donors (Lipinski definition) is 0. The molecule has 3 heterocycles. The molecule has 0 N–H and O–H groups in total. The monoisotopic (exact) mass is 498 g/mol. The fraction of sp³-hybridized carbons (Fsp3) is 0.333. The van der Waals surface area contributed by atoms with Crippen molar-refractivity contribution in [2.45, 2.75) is 39.7 Å². The SMILES string of the molecule is C.COc1cc(/C=C2\CCCN3C2=NOCC[C@@H]3c2cc(F)c(F)c(F)c2)ccc1-n1cnc(C)c1. The molecule has 1 saturated heterocycles. The maximum absolute atomic E-state index is 14.0. The third-order valence-corrected chi connectivity index (χ3v) is 6.34. The van der Waals surface area contributed by atoms with Crippen molar-refractivity contribution in [3.05, 3.63) is 82.7 Å². The number of methoxy groups -OCH3 is 1. The Morgan fingerprint density at radius 2 is 1.92 bits per heavy atom. The largest absolute Gasteiger partial charge is 0.495 e. The summed E-state index contributed by atoms with van der Waals surface area (Å²) in [7, 11) is 1.62. The smallest absolute Gasteiger partial charge is 0.194 e. The van der Waals surface area contributed by atoms with E-state index in [2.05, 4.69) is 10.1 Å². The van der Waals surface area contributed by atoms with Crippen LogP contribution < -0.4 is 4.74 Å². The quantitative estimate of drug-likeness (QED) is 0.402. The molecule has 0 radical (unpaired) electrons. The lowest BCUT2D eigenvalue weighted by atomic mass is 9.95. The van der Waals surface area contributed by atoms with Crippen molar-refractivity contribution in [2.75, 3.05) is 20.3 Å². The van der Waals surface area contributed by atoms with Crippen molar-refractivity contribution in [2.24, 2.45) is 5.16 Å². The molecule has 6 nitrogen and oxygen atoms in total. The Morgan fingerprint density at radius 3 is 2.61 bits per heavy atom. The van der Waals surface area contributed by atoms with Gasteiger partial charge in [-0.3, -0.25) is 0 Å². The van der Waals surface area contributed by atoms with Crippen molar-refractivity contribution in [3.8, 4) is 11.4 Å². The molecule has 0 saturated carbocycles. The van der Waals surface area contributed by atoms with Crippen molar-refractivity contribution in [3.63, 3.8) is 0 Å². The van der Waals surface area contributed by atoms with Gasteiger partial charge in [-0.2, -0.15) is 0 Å². The van der Waals surface area contributed by atoms with Gasteiger partial charge in [-0.15, -0.1) is 0 Å². The molecule has 2 aliphatic rings. The van der Waals surface area contributed by atoms with Crippen LogP contribution in [-0.4, -0.2) is 40.5 Å². The standard InChI is InChI=1S/C26H25F3N4O2.CH4/c1-16-14-32(15-30-16)23-6-5-17(11-24(23)34-2)10-18-4-3-8-33-22(7-9-35-31-26(18)33)19-12-20(27)25(29)21(28)13-19;/h5-6,10-15,22H,3-4,7-9H2,1-2H3;1H4/b18-10+;/t22-;/m1./s1. The molecule has 1 aromatic heterocycles. The molecule has 0 unspecified atom stereocenters. The van der Waals surface area contributed by atoms with Crippen molar-refractivity contribution < 1.29 is 22.7 Å². The van der Waals surface area contributed by atoms with Crippen LogP contribution in [0.15, 0.2) is 53.6 Å². The lowest BCUT2D eigenvalue weighted by molar-refractivity contribution is 0.140. The van der Waals surface area contributed by atoms with E-state index >= 15 is 0 Å². The van der Waals surface area contributed by atoms with Crippen LogP contribution in [0.25, 0.3) is 11.8 Å². The molecule has 36 heavy (non-hydrogen) atoms. The van der Waals surface area contributed by atoms with Gasteiger partial charge in [0.15, 0.2) is 23.3 Å². The molecule has 1 fully saturated rings. The Bertz CT molecular complexity index is 1300. The van der Waals surface area contributed by atoms with Gasteiger partial charge in [0.25, 0.3) is 0 Å². The van der Waals surface area contributed by atoms with Crippen LogP contribution in [0, 0.1) is 24.4 Å². The van der Waals surface area contributed by atoms with Crippen LogP contribution in [0.3, 0.4) is 0 Å². The minimum Gasteiger partial charge on any atom is -0.495 e. The molecule has 2 aromatic carbocycles. The topological polar surface area (TPSA) is 51.9 Å². The van der Waals surface area contributed by atoms with Gasteiger partial charge < -0.3 is 19.0 Å². The number of halogens is 3. The fourth-order valence-electron chi connectivity index (χ4n) is 4.69. The summed E-state index contributed by atoms with van der Waals surface area (Å²) in [5, 5.41) is 4.34. The third-order valence-electron chi connectivity index (χ3n) is 6.34. The summed E-state index contributed by atoms with van der Waals surface area (Å²) in [5.74, 6) is -2.54. The number of fused-ring (bicyclic) bond motifs is 1. The molecule has 3 aromatic rings. The molecule has 0 bridgehead atoms. The minimum atomic E-state index is -1.46. The minimum absolute atomic E-state index is 0. The summed E-state index contributed by atoms with van der Waals surface area (Å²) < 4.78 is 49.1. The van der Waals surface area contributed by atoms with Crippen LogP contribution in [0.4, 0.5) is 13.2 Å². The molecule has 5 rings (SSSR count). The summed E-state index contributed by atoms with van der Waals surface area (Å²) in [6.07, 6.45) is 7.75. The lowest BCUT2D eigenvalue weighted by Crippen LogP contribution is -2.39. The number of rotatable bonds is 4. The molecule has 2 aliphatic heterocycles. The van der Waals surface area contributed by atoms with Crippen molar-refractivity contribution in [1.29, 1.82) is 0 Å². The second-order valence-corrected chi connectivity index (χ2v) is 8.67. The van der Waals surface area contributed by atoms with Crippen molar-refractivity contribution in [1.82, 2.24) is 14.5 Å². The molecular weight excluding hydrogens is 469 g/mol. The van der Waals surface area contributed by atoms with Gasteiger partial charge >= 0.3 is 0 Å². The Hall–Kier alpha value is -3.75. The van der Waals surface area contributed by atoms with E-state index in [-0.39, 0.29) is 20.1 Å². The fourth-order valence-corrected chi connectivity index (χ4v) is 4.69. The van der Waals surface area contributed by atoms with Gasteiger partial charge in [-0.05, 0) is 66.8 Å². The van der Waals surface area contributed by atoms with Crippen LogP contribution in [0.2, 0.25) is 0 Å². The molecule has 190 valence electrons. The van der Waals surface area contributed by atoms with Gasteiger partial charge in [0.1, 0.15) is 12.4 Å². The molecule has 0 spiro atoms. The summed E-state index contributed by atoms with van der Waals surface area (Å²) >= 11 is 0. The average Bonchev–Trinajstić information content (AvgIpc) is 3.16. The van der Waals surface area contributed by atoms with Crippen molar-refractivity contribution >= 4 is 11.9 Å². The lowest BCUT2D eigenvalue weighted by Gasteiger charge is -2.36. The zero-order valence-corrected chi connectivity index (χ0v) is 19.5. The van der Waals surface area contributed by atoms with Gasteiger partial charge in [0, 0.05) is 19.2 Å². The Labute approximate surface area is 208 Å². The van der Waals surface area contributed by atoms with E-state index in [9.17, 15) is 13.2 Å². The summed E-state index contributed by atoms with van der Waals surface area (Å²) in [4.78, 5) is 11.8. The highest BCUT2D eigenvalue weighted by Gasteiger charge is 2.32. The van der Waals surface area contributed by atoms with E-state index in [1.807, 2.05) is 46.9 Å². The summed E-state index contributed by atoms with van der Waals surface area (Å²) in [6, 6.07) is 7.63. The van der Waals surface area contributed by atoms with E-state index in [1.54, 1.807) is 13.4 Å². The number of ether oxygens (including phenoxy) is 1. The predicted octanol–water partition coefficient (Wildman–Crippen LogP) is 6.20. The first-order chi connectivity index (χ1) is 16.9. The molecule has 9 heteroatoms. The van der Waals surface area contributed by atoms with Crippen LogP contribution in [0.1, 0.15) is 49.6 Å². The van der Waals surface area contributed by atoms with Crippen LogP contribution >= 0.6 is 0 Å². The Morgan fingerprint density at radius 1 is 1.14 bits per heavy atom. The zero-order valence-electron chi connectivity index (χ0n) is 19.5. The molecule has 1 atom stereocenters. The van der Waals surface area contributed by atoms with E-state index in [1.165, 1.54) is 0 Å². The Kier molecular flexibility index (Phi) is 7.37. The predicted molar refractivity (Wildman–Crippen MR) is 133 cm³/mol. The summed E-state index contributed by atoms with van der Waals surface area (Å²) in [6.45, 7) is 2.85. The number of piperidine rings is 1. The maximum atomic E-state index is 14.0. The van der Waals surface area contributed by atoms with Gasteiger partial charge in [0.2, 0.25) is 0 Å². The number of imidazole rings is 1. The van der Waals surface area contributed by atoms with Gasteiger partial charge in [0.05, 0.1) is 30.9 Å². The van der Waals surface area contributed by atoms with E-state index in [0.717, 1.165) is 47.5 Å². The van der Waals surface area contributed by atoms with Gasteiger partial charge in [-0.25, -0.2) is 18.2 Å². The molecular formula is C27H29F3N4O2. The molecule has 0 amide bonds. The second kappa shape index (κ2) is 10.5. The van der Waals surface area contributed by atoms with E-state index in [0.29, 0.717) is 30.1 Å².